The van der Waals surface area contributed by atoms with Gasteiger partial charge in [0.25, 0.3) is 0 Å². The van der Waals surface area contributed by atoms with Crippen LogP contribution in [0.3, 0.4) is 0 Å². The molecule has 4 nitrogen and oxygen atoms in total. The van der Waals surface area contributed by atoms with Gasteiger partial charge in [-0.15, -0.1) is 11.3 Å². The largest absolute Gasteiger partial charge is 0.342 e. The van der Waals surface area contributed by atoms with Gasteiger partial charge in [-0.25, -0.2) is 9.97 Å². The normalized spacial score (nSPS) is 18.4. The molecule has 0 aliphatic carbocycles. The van der Waals surface area contributed by atoms with E-state index in [1.54, 1.807) is 17.5 Å². The van der Waals surface area contributed by atoms with Crippen LogP contribution in [0, 0.1) is 6.92 Å². The summed E-state index contributed by atoms with van der Waals surface area (Å²) < 4.78 is 0. The Balaban J connectivity index is 1.63. The van der Waals surface area contributed by atoms with Crippen LogP contribution in [0.25, 0.3) is 0 Å². The highest BCUT2D eigenvalue weighted by molar-refractivity contribution is 7.10. The van der Waals surface area contributed by atoms with Crippen molar-refractivity contribution in [1.82, 2.24) is 14.9 Å². The van der Waals surface area contributed by atoms with Crippen molar-refractivity contribution >= 4 is 17.2 Å². The zero-order valence-electron chi connectivity index (χ0n) is 11.5. The lowest BCUT2D eigenvalue weighted by Gasteiger charge is -2.15. The maximum atomic E-state index is 12.2. The Morgan fingerprint density at radius 2 is 2.40 bits per heavy atom. The van der Waals surface area contributed by atoms with E-state index in [1.165, 1.54) is 0 Å². The molecule has 1 aliphatic heterocycles. The maximum absolute atomic E-state index is 12.2. The average Bonchev–Trinajstić information content (AvgIpc) is 3.09. The molecule has 104 valence electrons. The standard InChI is InChI=1S/C15H17N3OS/c1-11-4-6-16-15(17-11)12-5-7-18(10-12)14(19)9-13-3-2-8-20-13/h2-4,6,8,12H,5,7,9-10H2,1H3/t12-/m1/s1. The molecule has 1 atom stereocenters. The second-order valence-corrected chi connectivity index (χ2v) is 6.17. The summed E-state index contributed by atoms with van der Waals surface area (Å²) in [6.45, 7) is 3.53. The van der Waals surface area contributed by atoms with Crippen molar-refractivity contribution in [1.29, 1.82) is 0 Å². The molecule has 0 spiro atoms. The van der Waals surface area contributed by atoms with Crippen LogP contribution >= 0.6 is 11.3 Å². The molecule has 0 unspecified atom stereocenters. The number of carbonyl (C=O) groups excluding carboxylic acids is 1. The molecular formula is C15H17N3OS. The van der Waals surface area contributed by atoms with Crippen molar-refractivity contribution < 1.29 is 4.79 Å². The summed E-state index contributed by atoms with van der Waals surface area (Å²) in [6, 6.07) is 5.90. The van der Waals surface area contributed by atoms with E-state index in [1.807, 2.05) is 35.4 Å². The molecule has 0 radical (unpaired) electrons. The number of thiophene rings is 1. The minimum absolute atomic E-state index is 0.211. The first-order valence-electron chi connectivity index (χ1n) is 6.82. The fraction of sp³-hybridized carbons (Fsp3) is 0.400. The summed E-state index contributed by atoms with van der Waals surface area (Å²) in [5.74, 6) is 1.36. The molecule has 1 saturated heterocycles. The molecule has 0 saturated carbocycles. The van der Waals surface area contributed by atoms with E-state index in [2.05, 4.69) is 9.97 Å². The van der Waals surface area contributed by atoms with Gasteiger partial charge in [-0.3, -0.25) is 4.79 Å². The summed E-state index contributed by atoms with van der Waals surface area (Å²) in [4.78, 5) is 24.1. The van der Waals surface area contributed by atoms with Crippen LogP contribution in [-0.4, -0.2) is 33.9 Å². The highest BCUT2D eigenvalue weighted by Crippen LogP contribution is 2.25. The first kappa shape index (κ1) is 13.2. The zero-order chi connectivity index (χ0) is 13.9. The fourth-order valence-electron chi connectivity index (χ4n) is 2.54. The van der Waals surface area contributed by atoms with Crippen LogP contribution in [0.2, 0.25) is 0 Å². The third kappa shape index (κ3) is 2.88. The average molecular weight is 287 g/mol. The van der Waals surface area contributed by atoms with Crippen molar-refractivity contribution in [3.8, 4) is 0 Å². The fourth-order valence-corrected chi connectivity index (χ4v) is 3.23. The van der Waals surface area contributed by atoms with Gasteiger partial charge < -0.3 is 4.90 Å². The van der Waals surface area contributed by atoms with E-state index >= 15 is 0 Å². The third-order valence-electron chi connectivity index (χ3n) is 3.63. The van der Waals surface area contributed by atoms with E-state index in [0.29, 0.717) is 6.42 Å². The predicted molar refractivity (Wildman–Crippen MR) is 78.7 cm³/mol. The van der Waals surface area contributed by atoms with Gasteiger partial charge in [-0.1, -0.05) is 6.07 Å². The number of amides is 1. The van der Waals surface area contributed by atoms with E-state index in [9.17, 15) is 4.79 Å². The minimum atomic E-state index is 0.211. The molecule has 2 aromatic heterocycles. The number of carbonyl (C=O) groups is 1. The number of nitrogens with zero attached hydrogens (tertiary/aromatic N) is 3. The topological polar surface area (TPSA) is 46.1 Å². The molecule has 20 heavy (non-hydrogen) atoms. The first-order valence-corrected chi connectivity index (χ1v) is 7.70. The highest BCUT2D eigenvalue weighted by atomic mass is 32.1. The Bertz CT molecular complexity index is 597. The van der Waals surface area contributed by atoms with Gasteiger partial charge in [0.1, 0.15) is 5.82 Å². The van der Waals surface area contributed by atoms with Crippen LogP contribution in [0.15, 0.2) is 29.8 Å². The van der Waals surface area contributed by atoms with Crippen LogP contribution in [0.1, 0.15) is 28.7 Å². The second-order valence-electron chi connectivity index (χ2n) is 5.14. The number of rotatable bonds is 3. The van der Waals surface area contributed by atoms with Gasteiger partial charge in [-0.05, 0) is 30.9 Å². The first-order chi connectivity index (χ1) is 9.72. The molecule has 1 fully saturated rings. The van der Waals surface area contributed by atoms with Crippen LogP contribution in [-0.2, 0) is 11.2 Å². The minimum Gasteiger partial charge on any atom is -0.342 e. The quantitative estimate of drug-likeness (QED) is 0.871. The Morgan fingerprint density at radius 1 is 1.50 bits per heavy atom. The smallest absolute Gasteiger partial charge is 0.227 e. The number of hydrogen-bond donors (Lipinski definition) is 0. The molecule has 0 aromatic carbocycles. The van der Waals surface area contributed by atoms with Gasteiger partial charge in [-0.2, -0.15) is 0 Å². The molecule has 0 bridgehead atoms. The van der Waals surface area contributed by atoms with Gasteiger partial charge >= 0.3 is 0 Å². The lowest BCUT2D eigenvalue weighted by atomic mass is 10.1. The molecule has 1 aliphatic rings. The van der Waals surface area contributed by atoms with E-state index in [-0.39, 0.29) is 11.8 Å². The number of likely N-dealkylation sites (tertiary alicyclic amines) is 1. The second kappa shape index (κ2) is 5.71. The molecular weight excluding hydrogens is 270 g/mol. The monoisotopic (exact) mass is 287 g/mol. The van der Waals surface area contributed by atoms with Crippen molar-refractivity contribution in [2.45, 2.75) is 25.7 Å². The van der Waals surface area contributed by atoms with Crippen molar-refractivity contribution in [3.05, 3.63) is 46.2 Å². The summed E-state index contributed by atoms with van der Waals surface area (Å²) in [5.41, 5.74) is 0.985. The van der Waals surface area contributed by atoms with Gasteiger partial charge in [0.15, 0.2) is 0 Å². The molecule has 3 heterocycles. The van der Waals surface area contributed by atoms with Crippen LogP contribution < -0.4 is 0 Å². The zero-order valence-corrected chi connectivity index (χ0v) is 12.3. The van der Waals surface area contributed by atoms with E-state index in [0.717, 1.165) is 35.9 Å². The number of aryl methyl sites for hydroxylation is 1. The predicted octanol–water partition coefficient (Wildman–Crippen LogP) is 2.41. The SMILES string of the molecule is Cc1ccnc([C@@H]2CCN(C(=O)Cc3cccs3)C2)n1. The van der Waals surface area contributed by atoms with Gasteiger partial charge in [0, 0.05) is 35.8 Å². The Labute approximate surface area is 122 Å². The van der Waals surface area contributed by atoms with Crippen molar-refractivity contribution in [2.75, 3.05) is 13.1 Å². The van der Waals surface area contributed by atoms with Gasteiger partial charge in [0.2, 0.25) is 5.91 Å². The van der Waals surface area contributed by atoms with Gasteiger partial charge in [0.05, 0.1) is 6.42 Å². The van der Waals surface area contributed by atoms with E-state index < -0.39 is 0 Å². The lowest BCUT2D eigenvalue weighted by Crippen LogP contribution is -2.29. The van der Waals surface area contributed by atoms with Crippen molar-refractivity contribution in [3.63, 3.8) is 0 Å². The Morgan fingerprint density at radius 3 is 3.15 bits per heavy atom. The molecule has 1 amide bonds. The number of aromatic nitrogens is 2. The Hall–Kier alpha value is -1.75. The Kier molecular flexibility index (Phi) is 3.78. The van der Waals surface area contributed by atoms with E-state index in [4.69, 9.17) is 0 Å². The molecule has 2 aromatic rings. The molecule has 3 rings (SSSR count). The van der Waals surface area contributed by atoms with Crippen LogP contribution in [0.5, 0.6) is 0 Å². The summed E-state index contributed by atoms with van der Waals surface area (Å²) in [5, 5.41) is 2.01. The maximum Gasteiger partial charge on any atom is 0.227 e. The summed E-state index contributed by atoms with van der Waals surface area (Å²) in [7, 11) is 0. The lowest BCUT2D eigenvalue weighted by molar-refractivity contribution is -0.129. The summed E-state index contributed by atoms with van der Waals surface area (Å²) in [6.07, 6.45) is 3.27. The highest BCUT2D eigenvalue weighted by Gasteiger charge is 2.29. The van der Waals surface area contributed by atoms with Crippen LogP contribution in [0.4, 0.5) is 0 Å². The third-order valence-corrected chi connectivity index (χ3v) is 4.50. The van der Waals surface area contributed by atoms with Crippen molar-refractivity contribution in [2.24, 2.45) is 0 Å². The molecule has 0 N–H and O–H groups in total. The number of hydrogen-bond acceptors (Lipinski definition) is 4. The molecule has 5 heteroatoms. The summed E-state index contributed by atoms with van der Waals surface area (Å²) >= 11 is 1.64.